The third kappa shape index (κ3) is 2.60. The topological polar surface area (TPSA) is 54.4 Å². The molecule has 1 aromatic rings. The molecule has 0 saturated carbocycles. The number of hydrogen-bond donors (Lipinski definition) is 1. The second-order valence-electron chi connectivity index (χ2n) is 3.56. The highest BCUT2D eigenvalue weighted by Gasteiger charge is 2.27. The number of para-hydroxylation sites is 1. The van der Waals surface area contributed by atoms with E-state index in [2.05, 4.69) is 0 Å². The smallest absolute Gasteiger partial charge is 0.264 e. The Morgan fingerprint density at radius 2 is 1.93 bits per heavy atom. The minimum absolute atomic E-state index is 0.107. The fourth-order valence-electron chi connectivity index (χ4n) is 1.20. The van der Waals surface area contributed by atoms with Crippen molar-refractivity contribution in [3.8, 4) is 5.75 Å². The van der Waals surface area contributed by atoms with Gasteiger partial charge in [0.15, 0.2) is 0 Å². The fourth-order valence-corrected chi connectivity index (χ4v) is 2.15. The van der Waals surface area contributed by atoms with E-state index in [1.54, 1.807) is 0 Å². The molecule has 0 unspecified atom stereocenters. The summed E-state index contributed by atoms with van der Waals surface area (Å²) in [6, 6.07) is 3.75. The van der Waals surface area contributed by atoms with Crippen LogP contribution in [-0.2, 0) is 14.7 Å². The summed E-state index contributed by atoms with van der Waals surface area (Å²) in [5.74, 6) is -0.639. The molecule has 0 aromatic heterocycles. The van der Waals surface area contributed by atoms with Crippen LogP contribution in [0.25, 0.3) is 0 Å². The van der Waals surface area contributed by atoms with Crippen molar-refractivity contribution < 1.29 is 17.9 Å². The molecule has 84 valence electrons. The van der Waals surface area contributed by atoms with Crippen molar-refractivity contribution >= 4 is 19.7 Å². The van der Waals surface area contributed by atoms with E-state index in [-0.39, 0.29) is 5.56 Å². The summed E-state index contributed by atoms with van der Waals surface area (Å²) in [7, 11) is 1.01. The number of aromatic hydroxyl groups is 1. The molecule has 0 fully saturated rings. The molecule has 0 saturated heterocycles. The van der Waals surface area contributed by atoms with E-state index >= 15 is 0 Å². The molecule has 0 aliphatic carbocycles. The van der Waals surface area contributed by atoms with Crippen LogP contribution in [0.15, 0.2) is 23.1 Å². The molecule has 0 bridgehead atoms. The highest BCUT2D eigenvalue weighted by atomic mass is 35.7. The number of hydrogen-bond acceptors (Lipinski definition) is 3. The van der Waals surface area contributed by atoms with Crippen molar-refractivity contribution in [3.63, 3.8) is 0 Å². The summed E-state index contributed by atoms with van der Waals surface area (Å²) < 4.78 is 35.6. The Balaban J connectivity index is 3.51. The quantitative estimate of drug-likeness (QED) is 0.823. The number of phenols is 1. The highest BCUT2D eigenvalue weighted by Crippen LogP contribution is 2.37. The van der Waals surface area contributed by atoms with Gasteiger partial charge in [0.25, 0.3) is 9.05 Å². The summed E-state index contributed by atoms with van der Waals surface area (Å²) in [5.41, 5.74) is -1.94. The summed E-state index contributed by atoms with van der Waals surface area (Å²) >= 11 is 0. The average Bonchev–Trinajstić information content (AvgIpc) is 1.99. The first-order valence-electron chi connectivity index (χ1n) is 4.10. The third-order valence-corrected chi connectivity index (χ3v) is 3.26. The third-order valence-electron chi connectivity index (χ3n) is 1.90. The fraction of sp³-hybridized carbons (Fsp3) is 0.333. The van der Waals surface area contributed by atoms with Gasteiger partial charge in [0.05, 0.1) is 0 Å². The molecule has 0 amide bonds. The Bertz CT molecular complexity index is 477. The van der Waals surface area contributed by atoms with Crippen LogP contribution in [0.5, 0.6) is 5.75 Å². The Labute approximate surface area is 91.9 Å². The Kier molecular flexibility index (Phi) is 2.98. The molecule has 0 radical (unpaired) electrons. The minimum Gasteiger partial charge on any atom is -0.506 e. The van der Waals surface area contributed by atoms with Crippen molar-refractivity contribution in [1.82, 2.24) is 0 Å². The summed E-state index contributed by atoms with van der Waals surface area (Å²) in [5, 5.41) is 9.56. The van der Waals surface area contributed by atoms with Gasteiger partial charge < -0.3 is 5.11 Å². The van der Waals surface area contributed by atoms with E-state index in [1.807, 2.05) is 0 Å². The van der Waals surface area contributed by atoms with E-state index in [0.717, 1.165) is 6.07 Å². The second kappa shape index (κ2) is 3.64. The first-order chi connectivity index (χ1) is 6.64. The monoisotopic (exact) mass is 252 g/mol. The Morgan fingerprint density at radius 1 is 1.40 bits per heavy atom. The van der Waals surface area contributed by atoms with Crippen LogP contribution in [0.2, 0.25) is 0 Å². The Morgan fingerprint density at radius 3 is 2.33 bits per heavy atom. The molecule has 0 atom stereocenters. The van der Waals surface area contributed by atoms with Gasteiger partial charge in [0.2, 0.25) is 0 Å². The van der Waals surface area contributed by atoms with Crippen LogP contribution in [0.1, 0.15) is 19.4 Å². The standard InChI is InChI=1S/C9H10ClFO3S/c1-9(2,11)6-4-3-5-7(8(6)12)15(10,13)14/h3-5,12H,1-2H3. The maximum absolute atomic E-state index is 13.6. The zero-order valence-electron chi connectivity index (χ0n) is 8.16. The predicted molar refractivity (Wildman–Crippen MR) is 55.3 cm³/mol. The number of alkyl halides is 1. The molecule has 0 heterocycles. The zero-order chi connectivity index (χ0) is 11.9. The van der Waals surface area contributed by atoms with Crippen molar-refractivity contribution in [2.75, 3.05) is 0 Å². The maximum atomic E-state index is 13.6. The zero-order valence-corrected chi connectivity index (χ0v) is 9.73. The van der Waals surface area contributed by atoms with Gasteiger partial charge >= 0.3 is 0 Å². The SMILES string of the molecule is CC(C)(F)c1cccc(S(=O)(=O)Cl)c1O. The lowest BCUT2D eigenvalue weighted by Gasteiger charge is -2.17. The lowest BCUT2D eigenvalue weighted by Crippen LogP contribution is -2.10. The van der Waals surface area contributed by atoms with Crippen LogP contribution >= 0.6 is 10.7 Å². The first-order valence-corrected chi connectivity index (χ1v) is 6.41. The maximum Gasteiger partial charge on any atom is 0.264 e. The van der Waals surface area contributed by atoms with Crippen molar-refractivity contribution in [2.24, 2.45) is 0 Å². The first kappa shape index (κ1) is 12.3. The molecule has 0 spiro atoms. The molecule has 15 heavy (non-hydrogen) atoms. The molecular formula is C9H10ClFO3S. The second-order valence-corrected chi connectivity index (χ2v) is 6.10. The van der Waals surface area contributed by atoms with Gasteiger partial charge in [-0.25, -0.2) is 12.8 Å². The molecule has 6 heteroatoms. The van der Waals surface area contributed by atoms with E-state index in [9.17, 15) is 17.9 Å². The molecule has 0 aliphatic heterocycles. The minimum atomic E-state index is -4.06. The van der Waals surface area contributed by atoms with Crippen molar-refractivity contribution in [2.45, 2.75) is 24.4 Å². The van der Waals surface area contributed by atoms with Gasteiger partial charge in [-0.2, -0.15) is 0 Å². The van der Waals surface area contributed by atoms with Gasteiger partial charge in [-0.1, -0.05) is 12.1 Å². The lowest BCUT2D eigenvalue weighted by atomic mass is 9.99. The van der Waals surface area contributed by atoms with Crippen molar-refractivity contribution in [3.05, 3.63) is 23.8 Å². The molecule has 1 N–H and O–H groups in total. The summed E-state index contributed by atoms with van der Waals surface area (Å²) in [6.45, 7) is 2.43. The van der Waals surface area contributed by atoms with E-state index in [0.29, 0.717) is 0 Å². The predicted octanol–water partition coefficient (Wildman–Crippen LogP) is 2.52. The van der Waals surface area contributed by atoms with E-state index < -0.39 is 25.4 Å². The summed E-state index contributed by atoms with van der Waals surface area (Å²) in [4.78, 5) is -0.479. The molecule has 3 nitrogen and oxygen atoms in total. The molecular weight excluding hydrogens is 243 g/mol. The van der Waals surface area contributed by atoms with Gasteiger partial charge in [0, 0.05) is 16.2 Å². The van der Waals surface area contributed by atoms with Crippen LogP contribution < -0.4 is 0 Å². The van der Waals surface area contributed by atoms with Crippen molar-refractivity contribution in [1.29, 1.82) is 0 Å². The summed E-state index contributed by atoms with van der Waals surface area (Å²) in [6.07, 6.45) is 0. The highest BCUT2D eigenvalue weighted by molar-refractivity contribution is 8.13. The Hall–Kier alpha value is -0.810. The lowest BCUT2D eigenvalue weighted by molar-refractivity contribution is 0.213. The molecule has 0 aliphatic rings. The average molecular weight is 253 g/mol. The number of benzene rings is 1. The molecule has 1 aromatic carbocycles. The van der Waals surface area contributed by atoms with Gasteiger partial charge in [-0.15, -0.1) is 0 Å². The van der Waals surface area contributed by atoms with Crippen LogP contribution in [0, 0.1) is 0 Å². The number of rotatable bonds is 2. The number of phenolic OH excluding ortho intramolecular Hbond substituents is 1. The largest absolute Gasteiger partial charge is 0.506 e. The number of halogens is 2. The van der Waals surface area contributed by atoms with E-state index in [1.165, 1.54) is 26.0 Å². The van der Waals surface area contributed by atoms with Crippen LogP contribution in [0.3, 0.4) is 0 Å². The van der Waals surface area contributed by atoms with Gasteiger partial charge in [-0.3, -0.25) is 0 Å². The van der Waals surface area contributed by atoms with Gasteiger partial charge in [0.1, 0.15) is 16.3 Å². The van der Waals surface area contributed by atoms with Crippen LogP contribution in [-0.4, -0.2) is 13.5 Å². The molecule has 1 rings (SSSR count). The van der Waals surface area contributed by atoms with Crippen LogP contribution in [0.4, 0.5) is 4.39 Å². The van der Waals surface area contributed by atoms with Gasteiger partial charge in [-0.05, 0) is 19.9 Å². The van der Waals surface area contributed by atoms with E-state index in [4.69, 9.17) is 10.7 Å². The normalized spacial score (nSPS) is 12.8.